The highest BCUT2D eigenvalue weighted by Crippen LogP contribution is 2.28. The van der Waals surface area contributed by atoms with Gasteiger partial charge in [0.25, 0.3) is 5.56 Å². The van der Waals surface area contributed by atoms with E-state index in [0.717, 1.165) is 11.3 Å². The van der Waals surface area contributed by atoms with E-state index in [2.05, 4.69) is 5.32 Å². The molecule has 4 aromatic carbocycles. The van der Waals surface area contributed by atoms with Crippen LogP contribution >= 0.6 is 23.2 Å². The lowest BCUT2D eigenvalue weighted by molar-refractivity contribution is 0.0490. The van der Waals surface area contributed by atoms with Crippen LogP contribution in [0.4, 0.5) is 5.69 Å². The van der Waals surface area contributed by atoms with Crippen molar-refractivity contribution in [2.75, 3.05) is 5.32 Å². The first kappa shape index (κ1) is 22.0. The van der Waals surface area contributed by atoms with Crippen LogP contribution in [0.2, 0.25) is 10.0 Å². The zero-order valence-electron chi connectivity index (χ0n) is 17.9. The second-order valence-corrected chi connectivity index (χ2v) is 8.40. The fourth-order valence-corrected chi connectivity index (χ4v) is 3.93. The Bertz CT molecular complexity index is 1510. The quantitative estimate of drug-likeness (QED) is 0.273. The predicted molar refractivity (Wildman–Crippen MR) is 137 cm³/mol. The van der Waals surface area contributed by atoms with E-state index >= 15 is 0 Å². The van der Waals surface area contributed by atoms with Crippen LogP contribution in [0, 0.1) is 0 Å². The van der Waals surface area contributed by atoms with Crippen molar-refractivity contribution in [3.63, 3.8) is 0 Å². The molecule has 1 aromatic heterocycles. The molecule has 0 aliphatic rings. The number of nitrogens with one attached hydrogen (secondary N) is 1. The Morgan fingerprint density at radius 2 is 1.47 bits per heavy atom. The summed E-state index contributed by atoms with van der Waals surface area (Å²) >= 11 is 12.4. The van der Waals surface area contributed by atoms with Gasteiger partial charge in [0.1, 0.15) is 0 Å². The lowest BCUT2D eigenvalue weighted by Gasteiger charge is -2.24. The van der Waals surface area contributed by atoms with Crippen molar-refractivity contribution < 1.29 is 4.84 Å². The molecule has 1 atom stereocenters. The van der Waals surface area contributed by atoms with Gasteiger partial charge in [-0.3, -0.25) is 4.79 Å². The molecule has 0 aliphatic carbocycles. The topological polar surface area (TPSA) is 56.2 Å². The second kappa shape index (κ2) is 9.59. The van der Waals surface area contributed by atoms with Crippen LogP contribution in [0.15, 0.2) is 108 Å². The van der Waals surface area contributed by atoms with Crippen LogP contribution < -0.4 is 15.7 Å². The summed E-state index contributed by atoms with van der Waals surface area (Å²) in [6.45, 7) is 0. The molecule has 0 bridgehead atoms. The number of hydrogen-bond acceptors (Lipinski definition) is 4. The van der Waals surface area contributed by atoms with Crippen molar-refractivity contribution in [2.45, 2.75) is 6.23 Å². The van der Waals surface area contributed by atoms with Crippen molar-refractivity contribution >= 4 is 39.8 Å². The molecule has 0 radical (unpaired) electrons. The maximum Gasteiger partial charge on any atom is 0.294 e. The van der Waals surface area contributed by atoms with E-state index in [1.165, 1.54) is 4.73 Å². The monoisotopic (exact) mass is 487 g/mol. The highest BCUT2D eigenvalue weighted by Gasteiger charge is 2.21. The van der Waals surface area contributed by atoms with Crippen molar-refractivity contribution in [3.05, 3.63) is 129 Å². The van der Waals surface area contributed by atoms with E-state index in [1.54, 1.807) is 30.3 Å². The lowest BCUT2D eigenvalue weighted by atomic mass is 10.2. The molecule has 1 N–H and O–H groups in total. The molecular weight excluding hydrogens is 469 g/mol. The van der Waals surface area contributed by atoms with Crippen molar-refractivity contribution in [1.29, 1.82) is 0 Å². The number of aromatic nitrogens is 2. The maximum absolute atomic E-state index is 13.6. The maximum atomic E-state index is 13.6. The summed E-state index contributed by atoms with van der Waals surface area (Å²) in [5.74, 6) is 0.393. The van der Waals surface area contributed by atoms with E-state index in [1.807, 2.05) is 72.8 Å². The Kier molecular flexibility index (Phi) is 6.21. The van der Waals surface area contributed by atoms with Crippen molar-refractivity contribution in [3.8, 4) is 11.4 Å². The van der Waals surface area contributed by atoms with Gasteiger partial charge in [-0.25, -0.2) is 4.98 Å². The van der Waals surface area contributed by atoms with Gasteiger partial charge in [0.2, 0.25) is 6.23 Å². The van der Waals surface area contributed by atoms with Crippen LogP contribution in [0.1, 0.15) is 11.8 Å². The van der Waals surface area contributed by atoms with Gasteiger partial charge >= 0.3 is 0 Å². The van der Waals surface area contributed by atoms with Crippen LogP contribution in [0.5, 0.6) is 0 Å². The molecule has 0 aliphatic heterocycles. The molecule has 1 unspecified atom stereocenters. The van der Waals surface area contributed by atoms with Gasteiger partial charge in [-0.2, -0.15) is 0 Å². The molecule has 5 rings (SSSR count). The Morgan fingerprint density at radius 1 is 0.794 bits per heavy atom. The van der Waals surface area contributed by atoms with Crippen molar-refractivity contribution in [1.82, 2.24) is 9.71 Å². The van der Waals surface area contributed by atoms with Gasteiger partial charge in [-0.05, 0) is 36.4 Å². The summed E-state index contributed by atoms with van der Waals surface area (Å²) in [7, 11) is 0. The summed E-state index contributed by atoms with van der Waals surface area (Å²) in [4.78, 5) is 24.7. The fourth-order valence-electron chi connectivity index (χ4n) is 3.62. The SMILES string of the molecule is O=c1c2ccccc2nc(-c2ccccc2)n1OC(Nc1ccccc1)c1ccc(Cl)c(Cl)c1. The first-order valence-electron chi connectivity index (χ1n) is 10.6. The minimum atomic E-state index is -0.764. The number of para-hydroxylation sites is 2. The van der Waals surface area contributed by atoms with Crippen LogP contribution in [0.3, 0.4) is 0 Å². The average Bonchev–Trinajstić information content (AvgIpc) is 2.88. The summed E-state index contributed by atoms with van der Waals surface area (Å²) in [6.07, 6.45) is -0.764. The Morgan fingerprint density at radius 3 is 2.21 bits per heavy atom. The smallest absolute Gasteiger partial charge is 0.294 e. The molecule has 7 heteroatoms. The molecule has 5 nitrogen and oxygen atoms in total. The number of halogens is 2. The summed E-state index contributed by atoms with van der Waals surface area (Å²) in [5, 5.41) is 4.60. The average molecular weight is 488 g/mol. The van der Waals surface area contributed by atoms with Gasteiger partial charge < -0.3 is 10.2 Å². The Balaban J connectivity index is 1.67. The number of nitrogens with zero attached hydrogens (tertiary/aromatic N) is 2. The molecule has 1 heterocycles. The Labute approximate surface area is 206 Å². The highest BCUT2D eigenvalue weighted by atomic mass is 35.5. The molecule has 34 heavy (non-hydrogen) atoms. The minimum Gasteiger partial charge on any atom is -0.379 e. The van der Waals surface area contributed by atoms with E-state index in [9.17, 15) is 4.79 Å². The second-order valence-electron chi connectivity index (χ2n) is 7.59. The van der Waals surface area contributed by atoms with E-state index in [4.69, 9.17) is 33.0 Å². The number of anilines is 1. The number of fused-ring (bicyclic) bond motifs is 1. The van der Waals surface area contributed by atoms with Gasteiger partial charge in [0, 0.05) is 16.8 Å². The molecule has 0 spiro atoms. The zero-order valence-corrected chi connectivity index (χ0v) is 19.4. The number of rotatable bonds is 6. The first-order valence-corrected chi connectivity index (χ1v) is 11.4. The number of hydrogen-bond donors (Lipinski definition) is 1. The molecule has 5 aromatic rings. The van der Waals surface area contributed by atoms with E-state index in [-0.39, 0.29) is 5.56 Å². The minimum absolute atomic E-state index is 0.315. The molecule has 168 valence electrons. The highest BCUT2D eigenvalue weighted by molar-refractivity contribution is 6.42. The molecular formula is C27H19Cl2N3O2. The van der Waals surface area contributed by atoms with Crippen LogP contribution in [-0.4, -0.2) is 9.71 Å². The Hall–Kier alpha value is -3.80. The summed E-state index contributed by atoms with van der Waals surface area (Å²) < 4.78 is 1.24. The van der Waals surface area contributed by atoms with Crippen LogP contribution in [-0.2, 0) is 0 Å². The molecule has 0 saturated carbocycles. The normalized spacial score (nSPS) is 11.8. The molecule has 0 saturated heterocycles. The summed E-state index contributed by atoms with van der Waals surface area (Å²) in [6, 6.07) is 31.4. The van der Waals surface area contributed by atoms with Gasteiger partial charge in [-0.15, -0.1) is 4.73 Å². The largest absolute Gasteiger partial charge is 0.379 e. The summed E-state index contributed by atoms with van der Waals surface area (Å²) in [5.41, 5.74) is 2.52. The van der Waals surface area contributed by atoms with Gasteiger partial charge in [0.15, 0.2) is 5.82 Å². The standard InChI is InChI=1S/C27H19Cl2N3O2/c28-22-16-15-19(17-23(22)29)26(30-20-11-5-2-6-12-20)34-32-25(18-9-3-1-4-10-18)31-24-14-8-7-13-21(24)27(32)33/h1-17,26,30H. The zero-order chi connectivity index (χ0) is 23.5. The molecule has 0 amide bonds. The van der Waals surface area contributed by atoms with Gasteiger partial charge in [-0.1, -0.05) is 89.9 Å². The lowest BCUT2D eigenvalue weighted by Crippen LogP contribution is -2.34. The predicted octanol–water partition coefficient (Wildman–Crippen LogP) is 6.61. The first-order chi connectivity index (χ1) is 16.6. The number of benzene rings is 4. The fraction of sp³-hybridized carbons (Fsp3) is 0.0370. The van der Waals surface area contributed by atoms with Gasteiger partial charge in [0.05, 0.1) is 20.9 Å². The third kappa shape index (κ3) is 4.49. The van der Waals surface area contributed by atoms with E-state index < -0.39 is 6.23 Å². The third-order valence-electron chi connectivity index (χ3n) is 5.30. The van der Waals surface area contributed by atoms with Crippen molar-refractivity contribution in [2.24, 2.45) is 0 Å². The third-order valence-corrected chi connectivity index (χ3v) is 6.04. The molecule has 0 fully saturated rings. The van der Waals surface area contributed by atoms with Crippen LogP contribution in [0.25, 0.3) is 22.3 Å². The van der Waals surface area contributed by atoms with E-state index in [0.29, 0.717) is 32.3 Å².